The van der Waals surface area contributed by atoms with Gasteiger partial charge in [-0.15, -0.1) is 0 Å². The molecule has 1 aliphatic rings. The van der Waals surface area contributed by atoms with Crippen LogP contribution in [0, 0.1) is 0 Å². The van der Waals surface area contributed by atoms with Gasteiger partial charge in [-0.05, 0) is 38.1 Å². The molecule has 0 saturated heterocycles. The van der Waals surface area contributed by atoms with Crippen LogP contribution in [-0.4, -0.2) is 24.5 Å². The molecule has 0 fully saturated rings. The van der Waals surface area contributed by atoms with Gasteiger partial charge in [0.1, 0.15) is 0 Å². The van der Waals surface area contributed by atoms with E-state index in [4.69, 9.17) is 5.73 Å². The molecular weight excluding hydrogens is 318 g/mol. The topological polar surface area (TPSA) is 58.4 Å². The first-order chi connectivity index (χ1) is 11.4. The number of carbonyl (C=O) groups is 1. The molecule has 2 aromatic rings. The molecule has 0 radical (unpaired) electrons. The molecule has 1 heterocycles. The number of carbonyl (C=O) groups excluding carboxylic acids is 1. The highest BCUT2D eigenvalue weighted by Crippen LogP contribution is 2.47. The lowest BCUT2D eigenvalue weighted by Crippen LogP contribution is -2.45. The average Bonchev–Trinajstić information content (AvgIpc) is 2.56. The first kappa shape index (κ1) is 16.9. The molecule has 2 aromatic carbocycles. The van der Waals surface area contributed by atoms with Gasteiger partial charge in [0.25, 0.3) is 0 Å². The van der Waals surface area contributed by atoms with Crippen LogP contribution in [0.5, 0.6) is 0 Å². The molecule has 0 unspecified atom stereocenters. The minimum atomic E-state index is -0.392. The van der Waals surface area contributed by atoms with Gasteiger partial charge in [0, 0.05) is 34.8 Å². The Kier molecular flexibility index (Phi) is 4.83. The van der Waals surface area contributed by atoms with Gasteiger partial charge in [-0.2, -0.15) is 0 Å². The molecule has 126 valence electrons. The number of hydrogen-bond donors (Lipinski definition) is 2. The molecule has 1 aliphatic heterocycles. The first-order valence-electron chi connectivity index (χ1n) is 8.13. The zero-order chi connectivity index (χ0) is 17.2. The Balaban J connectivity index is 1.75. The number of hydrogen-bond acceptors (Lipinski definition) is 4. The second kappa shape index (κ2) is 6.87. The van der Waals surface area contributed by atoms with Gasteiger partial charge in [-0.3, -0.25) is 4.79 Å². The van der Waals surface area contributed by atoms with Crippen LogP contribution in [0.25, 0.3) is 0 Å². The number of nitrogens with two attached hydrogens (primary N) is 1. The monoisotopic (exact) mass is 341 g/mol. The normalized spacial score (nSPS) is 13.2. The third-order valence-electron chi connectivity index (χ3n) is 3.84. The maximum atomic E-state index is 12.2. The number of fused-ring (bicyclic) bond motifs is 2. The van der Waals surface area contributed by atoms with Crippen LogP contribution in [0.4, 0.5) is 11.4 Å². The summed E-state index contributed by atoms with van der Waals surface area (Å²) in [5.41, 5.74) is 7.85. The van der Waals surface area contributed by atoms with E-state index in [1.807, 2.05) is 38.1 Å². The lowest BCUT2D eigenvalue weighted by atomic mass is 10.1. The van der Waals surface area contributed by atoms with Crippen molar-refractivity contribution < 1.29 is 4.79 Å². The van der Waals surface area contributed by atoms with E-state index >= 15 is 0 Å². The standard InChI is InChI=1S/C19H23N3OS/c1-19(2,20)13-21-18(23)11-12-22-14-7-3-5-9-16(14)24-17-10-6-4-8-15(17)22/h3-10H,11-13,20H2,1-2H3,(H,21,23). The zero-order valence-electron chi connectivity index (χ0n) is 14.1. The molecular formula is C19H23N3OS. The van der Waals surface area contributed by atoms with Crippen molar-refractivity contribution in [1.82, 2.24) is 5.32 Å². The highest BCUT2D eigenvalue weighted by molar-refractivity contribution is 7.99. The predicted octanol–water partition coefficient (Wildman–Crippen LogP) is 3.53. The lowest BCUT2D eigenvalue weighted by molar-refractivity contribution is -0.121. The number of nitrogens with one attached hydrogen (secondary N) is 1. The van der Waals surface area contributed by atoms with Crippen LogP contribution in [0.15, 0.2) is 58.3 Å². The van der Waals surface area contributed by atoms with Crippen molar-refractivity contribution in [3.05, 3.63) is 48.5 Å². The van der Waals surface area contributed by atoms with Gasteiger partial charge >= 0.3 is 0 Å². The van der Waals surface area contributed by atoms with Crippen molar-refractivity contribution in [2.45, 2.75) is 35.6 Å². The number of nitrogens with zero attached hydrogens (tertiary/aromatic N) is 1. The molecule has 0 atom stereocenters. The summed E-state index contributed by atoms with van der Waals surface area (Å²) >= 11 is 1.78. The molecule has 0 spiro atoms. The minimum Gasteiger partial charge on any atom is -0.354 e. The fourth-order valence-electron chi connectivity index (χ4n) is 2.65. The van der Waals surface area contributed by atoms with Crippen molar-refractivity contribution >= 4 is 29.0 Å². The second-order valence-corrected chi connectivity index (χ2v) is 7.79. The van der Waals surface area contributed by atoms with E-state index in [2.05, 4.69) is 34.5 Å². The number of para-hydroxylation sites is 2. The Labute approximate surface area is 147 Å². The van der Waals surface area contributed by atoms with E-state index in [0.717, 1.165) is 11.4 Å². The van der Waals surface area contributed by atoms with Gasteiger partial charge in [-0.1, -0.05) is 36.0 Å². The van der Waals surface area contributed by atoms with Gasteiger partial charge < -0.3 is 16.0 Å². The van der Waals surface area contributed by atoms with Crippen molar-refractivity contribution in [1.29, 1.82) is 0 Å². The summed E-state index contributed by atoms with van der Waals surface area (Å²) in [5.74, 6) is 0.0294. The van der Waals surface area contributed by atoms with Gasteiger partial charge in [0.15, 0.2) is 0 Å². The largest absolute Gasteiger partial charge is 0.354 e. The summed E-state index contributed by atoms with van der Waals surface area (Å²) in [5, 5.41) is 2.91. The number of anilines is 2. The Hall–Kier alpha value is -1.98. The third-order valence-corrected chi connectivity index (χ3v) is 4.97. The van der Waals surface area contributed by atoms with Gasteiger partial charge in [-0.25, -0.2) is 0 Å². The lowest BCUT2D eigenvalue weighted by Gasteiger charge is -2.32. The minimum absolute atomic E-state index is 0.0294. The van der Waals surface area contributed by atoms with Gasteiger partial charge in [0.2, 0.25) is 5.91 Å². The van der Waals surface area contributed by atoms with E-state index in [-0.39, 0.29) is 5.91 Å². The van der Waals surface area contributed by atoms with E-state index in [9.17, 15) is 4.79 Å². The Morgan fingerprint density at radius 1 is 1.08 bits per heavy atom. The Bertz CT molecular complexity index is 694. The molecule has 4 nitrogen and oxygen atoms in total. The summed E-state index contributed by atoms with van der Waals surface area (Å²) in [6.45, 7) is 4.93. The number of rotatable bonds is 5. The van der Waals surface area contributed by atoms with Crippen LogP contribution in [0.3, 0.4) is 0 Å². The molecule has 1 amide bonds. The molecule has 5 heteroatoms. The third kappa shape index (κ3) is 3.91. The van der Waals surface area contributed by atoms with Crippen LogP contribution < -0.4 is 16.0 Å². The molecule has 0 saturated carbocycles. The van der Waals surface area contributed by atoms with Crippen LogP contribution in [0.2, 0.25) is 0 Å². The first-order valence-corrected chi connectivity index (χ1v) is 8.95. The Morgan fingerprint density at radius 3 is 2.17 bits per heavy atom. The van der Waals surface area contributed by atoms with Crippen molar-refractivity contribution in [3.8, 4) is 0 Å². The summed E-state index contributed by atoms with van der Waals surface area (Å²) in [6, 6.07) is 16.6. The van der Waals surface area contributed by atoms with E-state index in [1.54, 1.807) is 11.8 Å². The molecule has 3 rings (SSSR count). The quantitative estimate of drug-likeness (QED) is 0.873. The molecule has 24 heavy (non-hydrogen) atoms. The summed E-state index contributed by atoms with van der Waals surface area (Å²) in [4.78, 5) is 16.8. The van der Waals surface area contributed by atoms with Crippen molar-refractivity contribution in [3.63, 3.8) is 0 Å². The van der Waals surface area contributed by atoms with Crippen LogP contribution in [-0.2, 0) is 4.79 Å². The molecule has 0 bridgehead atoms. The van der Waals surface area contributed by atoms with Crippen LogP contribution >= 0.6 is 11.8 Å². The highest BCUT2D eigenvalue weighted by atomic mass is 32.2. The molecule has 0 aliphatic carbocycles. The summed E-state index contributed by atoms with van der Waals surface area (Å²) < 4.78 is 0. The fourth-order valence-corrected chi connectivity index (χ4v) is 3.75. The van der Waals surface area contributed by atoms with Crippen molar-refractivity contribution in [2.24, 2.45) is 5.73 Å². The highest BCUT2D eigenvalue weighted by Gasteiger charge is 2.23. The van der Waals surface area contributed by atoms with Gasteiger partial charge in [0.05, 0.1) is 11.4 Å². The predicted molar refractivity (Wildman–Crippen MR) is 99.9 cm³/mol. The number of benzene rings is 2. The SMILES string of the molecule is CC(C)(N)CNC(=O)CCN1c2ccccc2Sc2ccccc21. The summed E-state index contributed by atoms with van der Waals surface area (Å²) in [6.07, 6.45) is 0.434. The smallest absolute Gasteiger partial charge is 0.221 e. The second-order valence-electron chi connectivity index (χ2n) is 6.70. The van der Waals surface area contributed by atoms with Crippen molar-refractivity contribution in [2.75, 3.05) is 18.0 Å². The zero-order valence-corrected chi connectivity index (χ0v) is 14.9. The fraction of sp³-hybridized carbons (Fsp3) is 0.316. The summed E-state index contributed by atoms with van der Waals surface area (Å²) in [7, 11) is 0. The van der Waals surface area contributed by atoms with E-state index < -0.39 is 5.54 Å². The van der Waals surface area contributed by atoms with Crippen LogP contribution in [0.1, 0.15) is 20.3 Å². The van der Waals surface area contributed by atoms with E-state index in [1.165, 1.54) is 9.79 Å². The Morgan fingerprint density at radius 2 is 1.62 bits per heavy atom. The molecule has 3 N–H and O–H groups in total. The molecule has 0 aromatic heterocycles. The maximum Gasteiger partial charge on any atom is 0.221 e. The average molecular weight is 341 g/mol. The van der Waals surface area contributed by atoms with E-state index in [0.29, 0.717) is 19.5 Å². The number of amides is 1. The maximum absolute atomic E-state index is 12.2.